The predicted molar refractivity (Wildman–Crippen MR) is 43.7 cm³/mol. The molecule has 0 bridgehead atoms. The molecule has 1 aliphatic rings. The van der Waals surface area contributed by atoms with Crippen molar-refractivity contribution >= 4 is 0 Å². The summed E-state index contributed by atoms with van der Waals surface area (Å²) in [6.07, 6.45) is 2.64. The molecule has 66 valence electrons. The highest BCUT2D eigenvalue weighted by Crippen LogP contribution is 2.08. The largest absolute Gasteiger partial charge is 0.379 e. The van der Waals surface area contributed by atoms with Crippen LogP contribution in [0.3, 0.4) is 0 Å². The molecule has 0 aliphatic carbocycles. The van der Waals surface area contributed by atoms with Crippen LogP contribution in [0.5, 0.6) is 0 Å². The molecule has 1 atom stereocenters. The molecule has 0 radical (unpaired) electrons. The second-order valence-electron chi connectivity index (χ2n) is 2.81. The molecule has 11 heavy (non-hydrogen) atoms. The van der Waals surface area contributed by atoms with Gasteiger partial charge in [0.1, 0.15) is 0 Å². The molecule has 0 aromatic rings. The lowest BCUT2D eigenvalue weighted by Gasteiger charge is -2.22. The minimum atomic E-state index is 0.345. The summed E-state index contributed by atoms with van der Waals surface area (Å²) in [6.45, 7) is 3.41. The van der Waals surface area contributed by atoms with E-state index >= 15 is 0 Å². The van der Waals surface area contributed by atoms with Gasteiger partial charge in [0.2, 0.25) is 0 Å². The van der Waals surface area contributed by atoms with Gasteiger partial charge in [0.05, 0.1) is 19.3 Å². The lowest BCUT2D eigenvalue weighted by molar-refractivity contribution is -0.0483. The van der Waals surface area contributed by atoms with E-state index in [0.29, 0.717) is 6.10 Å². The summed E-state index contributed by atoms with van der Waals surface area (Å²) >= 11 is 0. The van der Waals surface area contributed by atoms with Crippen molar-refractivity contribution in [1.82, 2.24) is 5.32 Å². The van der Waals surface area contributed by atoms with Gasteiger partial charge in [0.15, 0.2) is 0 Å². The summed E-state index contributed by atoms with van der Waals surface area (Å²) in [7, 11) is 1.93. The van der Waals surface area contributed by atoms with E-state index in [4.69, 9.17) is 9.47 Å². The molecule has 1 fully saturated rings. The van der Waals surface area contributed by atoms with Gasteiger partial charge in [0, 0.05) is 13.2 Å². The molecular formula is C8H17NO2. The summed E-state index contributed by atoms with van der Waals surface area (Å²) < 4.78 is 10.8. The first kappa shape index (κ1) is 8.97. The highest BCUT2D eigenvalue weighted by molar-refractivity contribution is 4.61. The molecular weight excluding hydrogens is 142 g/mol. The van der Waals surface area contributed by atoms with Gasteiger partial charge in [-0.1, -0.05) is 0 Å². The lowest BCUT2D eigenvalue weighted by atomic mass is 10.2. The first-order valence-corrected chi connectivity index (χ1v) is 4.27. The van der Waals surface area contributed by atoms with Crippen LogP contribution in [-0.4, -0.2) is 39.5 Å². The standard InChI is InChI=1S/C8H17NO2/c1-9-4-6-11-8-3-2-5-10-7-8/h8-9H,2-7H2,1H3. The maximum atomic E-state index is 5.54. The number of likely N-dealkylation sites (N-methyl/N-ethyl adjacent to an activating group) is 1. The molecule has 0 aromatic heterocycles. The smallest absolute Gasteiger partial charge is 0.0810 e. The van der Waals surface area contributed by atoms with Crippen molar-refractivity contribution in [2.75, 3.05) is 33.4 Å². The van der Waals surface area contributed by atoms with Gasteiger partial charge in [0.25, 0.3) is 0 Å². The molecule has 1 rings (SSSR count). The Kier molecular flexibility index (Phi) is 4.50. The summed E-state index contributed by atoms with van der Waals surface area (Å²) in [5.41, 5.74) is 0. The first-order valence-electron chi connectivity index (χ1n) is 4.27. The Morgan fingerprint density at radius 1 is 1.64 bits per heavy atom. The van der Waals surface area contributed by atoms with Gasteiger partial charge in [-0.2, -0.15) is 0 Å². The number of nitrogens with one attached hydrogen (secondary N) is 1. The zero-order valence-electron chi connectivity index (χ0n) is 7.14. The van der Waals surface area contributed by atoms with Crippen molar-refractivity contribution in [2.45, 2.75) is 18.9 Å². The number of ether oxygens (including phenoxy) is 2. The van der Waals surface area contributed by atoms with Crippen molar-refractivity contribution in [3.8, 4) is 0 Å². The molecule has 1 N–H and O–H groups in total. The average Bonchev–Trinajstić information content (AvgIpc) is 2.07. The SMILES string of the molecule is CNCCOC1CCCOC1. The van der Waals surface area contributed by atoms with E-state index in [1.807, 2.05) is 7.05 Å². The van der Waals surface area contributed by atoms with E-state index in [1.54, 1.807) is 0 Å². The number of hydrogen-bond donors (Lipinski definition) is 1. The van der Waals surface area contributed by atoms with Crippen LogP contribution in [0.1, 0.15) is 12.8 Å². The van der Waals surface area contributed by atoms with Crippen molar-refractivity contribution in [2.24, 2.45) is 0 Å². The van der Waals surface area contributed by atoms with Gasteiger partial charge in [-0.25, -0.2) is 0 Å². The summed E-state index contributed by atoms with van der Waals surface area (Å²) in [5.74, 6) is 0. The van der Waals surface area contributed by atoms with Crippen molar-refractivity contribution in [3.05, 3.63) is 0 Å². The van der Waals surface area contributed by atoms with E-state index in [1.165, 1.54) is 0 Å². The van der Waals surface area contributed by atoms with E-state index in [9.17, 15) is 0 Å². The van der Waals surface area contributed by atoms with Crippen LogP contribution in [0.4, 0.5) is 0 Å². The molecule has 1 unspecified atom stereocenters. The Balaban J connectivity index is 1.96. The third-order valence-corrected chi connectivity index (χ3v) is 1.82. The lowest BCUT2D eigenvalue weighted by Crippen LogP contribution is -2.28. The maximum Gasteiger partial charge on any atom is 0.0810 e. The molecule has 1 saturated heterocycles. The van der Waals surface area contributed by atoms with E-state index in [0.717, 1.165) is 39.2 Å². The third kappa shape index (κ3) is 3.70. The van der Waals surface area contributed by atoms with E-state index in [-0.39, 0.29) is 0 Å². The maximum absolute atomic E-state index is 5.54. The van der Waals surface area contributed by atoms with Crippen LogP contribution in [-0.2, 0) is 9.47 Å². The molecule has 0 spiro atoms. The number of hydrogen-bond acceptors (Lipinski definition) is 3. The minimum Gasteiger partial charge on any atom is -0.379 e. The molecule has 3 heteroatoms. The van der Waals surface area contributed by atoms with E-state index in [2.05, 4.69) is 5.32 Å². The summed E-state index contributed by atoms with van der Waals surface area (Å²) in [4.78, 5) is 0. The Morgan fingerprint density at radius 2 is 2.55 bits per heavy atom. The van der Waals surface area contributed by atoms with Crippen molar-refractivity contribution in [3.63, 3.8) is 0 Å². The number of rotatable bonds is 4. The van der Waals surface area contributed by atoms with Crippen molar-refractivity contribution in [1.29, 1.82) is 0 Å². The fourth-order valence-corrected chi connectivity index (χ4v) is 1.17. The minimum absolute atomic E-state index is 0.345. The van der Waals surface area contributed by atoms with Crippen LogP contribution in [0, 0.1) is 0 Å². The highest BCUT2D eigenvalue weighted by Gasteiger charge is 2.12. The Morgan fingerprint density at radius 3 is 3.18 bits per heavy atom. The topological polar surface area (TPSA) is 30.5 Å². The molecule has 0 aromatic carbocycles. The fourth-order valence-electron chi connectivity index (χ4n) is 1.17. The van der Waals surface area contributed by atoms with Gasteiger partial charge >= 0.3 is 0 Å². The molecule has 1 heterocycles. The monoisotopic (exact) mass is 159 g/mol. The molecule has 0 saturated carbocycles. The van der Waals surface area contributed by atoms with Gasteiger partial charge in [-0.05, 0) is 19.9 Å². The molecule has 3 nitrogen and oxygen atoms in total. The Bertz CT molecular complexity index is 92.1. The fraction of sp³-hybridized carbons (Fsp3) is 1.00. The van der Waals surface area contributed by atoms with Crippen LogP contribution < -0.4 is 5.32 Å². The zero-order chi connectivity index (χ0) is 7.94. The van der Waals surface area contributed by atoms with Gasteiger partial charge in [-0.15, -0.1) is 0 Å². The van der Waals surface area contributed by atoms with Crippen LogP contribution in [0.15, 0.2) is 0 Å². The Labute approximate surface area is 68.1 Å². The predicted octanol–water partition coefficient (Wildman–Crippen LogP) is 0.401. The highest BCUT2D eigenvalue weighted by atomic mass is 16.5. The average molecular weight is 159 g/mol. The second kappa shape index (κ2) is 5.52. The summed E-state index contributed by atoms with van der Waals surface area (Å²) in [5, 5.41) is 3.04. The van der Waals surface area contributed by atoms with Gasteiger partial charge < -0.3 is 14.8 Å². The second-order valence-corrected chi connectivity index (χ2v) is 2.81. The first-order chi connectivity index (χ1) is 5.43. The quantitative estimate of drug-likeness (QED) is 0.602. The Hall–Kier alpha value is -0.120. The van der Waals surface area contributed by atoms with Gasteiger partial charge in [-0.3, -0.25) is 0 Å². The van der Waals surface area contributed by atoms with E-state index < -0.39 is 0 Å². The molecule has 1 aliphatic heterocycles. The normalized spacial score (nSPS) is 25.4. The van der Waals surface area contributed by atoms with Crippen LogP contribution in [0.25, 0.3) is 0 Å². The van der Waals surface area contributed by atoms with Crippen molar-refractivity contribution < 1.29 is 9.47 Å². The third-order valence-electron chi connectivity index (χ3n) is 1.82. The summed E-state index contributed by atoms with van der Waals surface area (Å²) in [6, 6.07) is 0. The zero-order valence-corrected chi connectivity index (χ0v) is 7.14. The molecule has 0 amide bonds. The van der Waals surface area contributed by atoms with Crippen LogP contribution in [0.2, 0.25) is 0 Å². The van der Waals surface area contributed by atoms with Crippen LogP contribution >= 0.6 is 0 Å².